The van der Waals surface area contributed by atoms with E-state index in [-0.39, 0.29) is 37.3 Å². The van der Waals surface area contributed by atoms with Gasteiger partial charge in [0.05, 0.1) is 0 Å². The fourth-order valence-corrected chi connectivity index (χ4v) is 2.62. The van der Waals surface area contributed by atoms with Crippen LogP contribution in [0.2, 0.25) is 0 Å². The second-order valence-electron chi connectivity index (χ2n) is 5.97. The first-order chi connectivity index (χ1) is 12.8. The van der Waals surface area contributed by atoms with Gasteiger partial charge in [0, 0.05) is 51.5 Å². The summed E-state index contributed by atoms with van der Waals surface area (Å²) in [5.41, 5.74) is 0. The number of carbonyl (C=O) groups is 1. The molecule has 1 aliphatic heterocycles. The zero-order chi connectivity index (χ0) is 18.0. The Morgan fingerprint density at radius 3 is 2.46 bits per heavy atom. The average Bonchev–Trinajstić information content (AvgIpc) is 2.69. The highest BCUT2D eigenvalue weighted by Crippen LogP contribution is 2.22. The molecule has 0 unspecified atom stereocenters. The first-order valence-electron chi connectivity index (χ1n) is 8.81. The Morgan fingerprint density at radius 2 is 1.79 bits per heavy atom. The number of aromatic nitrogens is 1. The molecule has 9 heteroatoms. The predicted octanol–water partition coefficient (Wildman–Crippen LogP) is 2.12. The molecule has 0 spiro atoms. The Morgan fingerprint density at radius 1 is 1.07 bits per heavy atom. The number of pyridine rings is 1. The lowest BCUT2D eigenvalue weighted by molar-refractivity contribution is -0.123. The number of benzene rings is 1. The van der Waals surface area contributed by atoms with Crippen molar-refractivity contribution < 1.29 is 14.3 Å². The normalized spacial score (nSPS) is 13.6. The van der Waals surface area contributed by atoms with E-state index in [0.29, 0.717) is 23.9 Å². The van der Waals surface area contributed by atoms with Gasteiger partial charge < -0.3 is 20.1 Å². The van der Waals surface area contributed by atoms with E-state index < -0.39 is 0 Å². The van der Waals surface area contributed by atoms with Gasteiger partial charge in [-0.05, 0) is 30.3 Å². The van der Waals surface area contributed by atoms with Gasteiger partial charge in [0.2, 0.25) is 5.88 Å². The van der Waals surface area contributed by atoms with E-state index >= 15 is 0 Å². The quantitative estimate of drug-likeness (QED) is 0.670. The highest BCUT2D eigenvalue weighted by molar-refractivity contribution is 5.85. The van der Waals surface area contributed by atoms with Crippen molar-refractivity contribution in [2.45, 2.75) is 0 Å². The van der Waals surface area contributed by atoms with E-state index in [1.54, 1.807) is 36.5 Å². The van der Waals surface area contributed by atoms with Gasteiger partial charge in [0.15, 0.2) is 6.61 Å². The molecule has 1 saturated heterocycles. The second-order valence-corrected chi connectivity index (χ2v) is 5.97. The fraction of sp³-hybridized carbons (Fsp3) is 0.368. The van der Waals surface area contributed by atoms with Crippen molar-refractivity contribution in [3.05, 3.63) is 48.7 Å². The molecule has 0 saturated carbocycles. The van der Waals surface area contributed by atoms with Crippen LogP contribution in [0.5, 0.6) is 17.4 Å². The minimum absolute atomic E-state index is 0. The molecule has 1 aliphatic rings. The molecule has 1 amide bonds. The lowest BCUT2D eigenvalue weighted by Crippen LogP contribution is -2.46. The lowest BCUT2D eigenvalue weighted by atomic mass is 10.3. The third-order valence-electron chi connectivity index (χ3n) is 4.01. The molecule has 2 N–H and O–H groups in total. The summed E-state index contributed by atoms with van der Waals surface area (Å²) in [7, 11) is 0. The van der Waals surface area contributed by atoms with E-state index in [2.05, 4.69) is 20.5 Å². The van der Waals surface area contributed by atoms with Crippen LogP contribution in [0.3, 0.4) is 0 Å². The van der Waals surface area contributed by atoms with Crippen molar-refractivity contribution >= 4 is 30.7 Å². The van der Waals surface area contributed by atoms with Crippen LogP contribution in [0.15, 0.2) is 48.7 Å². The Hall–Kier alpha value is -2.06. The largest absolute Gasteiger partial charge is 0.484 e. The average molecular weight is 429 g/mol. The van der Waals surface area contributed by atoms with Crippen LogP contribution in [0.1, 0.15) is 0 Å². The molecule has 2 aromatic rings. The van der Waals surface area contributed by atoms with Gasteiger partial charge in [0.25, 0.3) is 5.91 Å². The Bertz CT molecular complexity index is 683. The smallest absolute Gasteiger partial charge is 0.257 e. The van der Waals surface area contributed by atoms with Crippen molar-refractivity contribution in [1.82, 2.24) is 20.5 Å². The monoisotopic (exact) mass is 428 g/mol. The number of nitrogens with one attached hydrogen (secondary N) is 2. The Balaban J connectivity index is 0.00000196. The fourth-order valence-electron chi connectivity index (χ4n) is 2.62. The standard InChI is InChI=1S/C19H24N4O3.2ClH/c24-18(21-11-14-23-12-9-20-10-13-23)15-25-16-4-6-17(7-5-16)26-19-3-1-2-8-22-19;;/h1-8,20H,9-15H2,(H,21,24);2*1H. The van der Waals surface area contributed by atoms with Crippen LogP contribution in [0.25, 0.3) is 0 Å². The molecular formula is C19H26Cl2N4O3. The van der Waals surface area contributed by atoms with Gasteiger partial charge in [0.1, 0.15) is 11.5 Å². The summed E-state index contributed by atoms with van der Waals surface area (Å²) < 4.78 is 11.1. The maximum atomic E-state index is 11.9. The minimum atomic E-state index is -0.117. The lowest BCUT2D eigenvalue weighted by Gasteiger charge is -2.27. The molecule has 0 aliphatic carbocycles. The van der Waals surface area contributed by atoms with E-state index in [9.17, 15) is 4.79 Å². The van der Waals surface area contributed by atoms with E-state index in [1.165, 1.54) is 0 Å². The van der Waals surface area contributed by atoms with E-state index in [1.807, 2.05) is 12.1 Å². The molecule has 7 nitrogen and oxygen atoms in total. The Labute approximate surface area is 177 Å². The summed E-state index contributed by atoms with van der Waals surface area (Å²) in [4.78, 5) is 18.3. The molecule has 28 heavy (non-hydrogen) atoms. The summed E-state index contributed by atoms with van der Waals surface area (Å²) in [6.07, 6.45) is 1.67. The SMILES string of the molecule is Cl.Cl.O=C(COc1ccc(Oc2ccccn2)cc1)NCCN1CCNCC1. The molecule has 2 heterocycles. The van der Waals surface area contributed by atoms with E-state index in [0.717, 1.165) is 32.7 Å². The molecule has 1 fully saturated rings. The molecule has 154 valence electrons. The summed E-state index contributed by atoms with van der Waals surface area (Å²) in [5, 5.41) is 6.19. The van der Waals surface area contributed by atoms with Gasteiger partial charge in [-0.25, -0.2) is 4.98 Å². The van der Waals surface area contributed by atoms with Crippen LogP contribution in [0.4, 0.5) is 0 Å². The Kier molecular flexibility index (Phi) is 11.3. The maximum Gasteiger partial charge on any atom is 0.257 e. The molecule has 1 aromatic carbocycles. The number of hydrogen-bond donors (Lipinski definition) is 2. The van der Waals surface area contributed by atoms with Crippen LogP contribution in [-0.4, -0.2) is 61.7 Å². The number of hydrogen-bond acceptors (Lipinski definition) is 6. The molecule has 0 radical (unpaired) electrons. The topological polar surface area (TPSA) is 75.7 Å². The van der Waals surface area contributed by atoms with Crippen LogP contribution >= 0.6 is 24.8 Å². The van der Waals surface area contributed by atoms with Crippen molar-refractivity contribution in [3.8, 4) is 17.4 Å². The first kappa shape index (κ1) is 24.0. The summed E-state index contributed by atoms with van der Waals surface area (Å²) in [6.45, 7) is 5.58. The van der Waals surface area contributed by atoms with E-state index in [4.69, 9.17) is 9.47 Å². The van der Waals surface area contributed by atoms with Crippen molar-refractivity contribution in [2.24, 2.45) is 0 Å². The summed E-state index contributed by atoms with van der Waals surface area (Å²) >= 11 is 0. The molecule has 0 atom stereocenters. The number of rotatable bonds is 8. The van der Waals surface area contributed by atoms with Gasteiger partial charge in [-0.2, -0.15) is 0 Å². The zero-order valence-corrected chi connectivity index (χ0v) is 17.1. The van der Waals surface area contributed by atoms with Gasteiger partial charge in [-0.1, -0.05) is 6.07 Å². The van der Waals surface area contributed by atoms with Gasteiger partial charge >= 0.3 is 0 Å². The molecule has 3 rings (SSSR count). The van der Waals surface area contributed by atoms with Crippen molar-refractivity contribution in [2.75, 3.05) is 45.9 Å². The van der Waals surface area contributed by atoms with Gasteiger partial charge in [-0.15, -0.1) is 24.8 Å². The molecule has 1 aromatic heterocycles. The summed E-state index contributed by atoms with van der Waals surface area (Å²) in [5.74, 6) is 1.70. The third-order valence-corrected chi connectivity index (χ3v) is 4.01. The van der Waals surface area contributed by atoms with Gasteiger partial charge in [-0.3, -0.25) is 9.69 Å². The highest BCUT2D eigenvalue weighted by Gasteiger charge is 2.09. The predicted molar refractivity (Wildman–Crippen MR) is 113 cm³/mol. The first-order valence-corrected chi connectivity index (χ1v) is 8.81. The summed E-state index contributed by atoms with van der Waals surface area (Å²) in [6, 6.07) is 12.6. The van der Waals surface area contributed by atoms with Crippen LogP contribution in [0, 0.1) is 0 Å². The number of ether oxygens (including phenoxy) is 2. The third kappa shape index (κ3) is 8.31. The number of carbonyl (C=O) groups excluding carboxylic acids is 1. The number of halogens is 2. The maximum absolute atomic E-state index is 11.9. The van der Waals surface area contributed by atoms with Crippen molar-refractivity contribution in [1.29, 1.82) is 0 Å². The second kappa shape index (κ2) is 13.2. The van der Waals surface area contributed by atoms with Crippen molar-refractivity contribution in [3.63, 3.8) is 0 Å². The van der Waals surface area contributed by atoms with Crippen LogP contribution < -0.4 is 20.1 Å². The van der Waals surface area contributed by atoms with Crippen LogP contribution in [-0.2, 0) is 4.79 Å². The molecular weight excluding hydrogens is 403 g/mol. The number of piperazine rings is 1. The number of amides is 1. The molecule has 0 bridgehead atoms. The zero-order valence-electron chi connectivity index (χ0n) is 15.5. The minimum Gasteiger partial charge on any atom is -0.484 e. The highest BCUT2D eigenvalue weighted by atomic mass is 35.5. The number of nitrogens with zero attached hydrogens (tertiary/aromatic N) is 2.